The molecule has 0 radical (unpaired) electrons. The highest BCUT2D eigenvalue weighted by molar-refractivity contribution is 14.0. The third-order valence-corrected chi connectivity index (χ3v) is 5.11. The fraction of sp³-hybridized carbons (Fsp3) is 0.611. The van der Waals surface area contributed by atoms with Crippen LogP contribution in [-0.4, -0.2) is 83.8 Å². The molecule has 0 saturated carbocycles. The third kappa shape index (κ3) is 8.48. The SMILES string of the molecule is CCNC(=NCCOCCS(C)(=O)=O)N1CCN(c2ccccc2F)CC1.I. The van der Waals surface area contributed by atoms with Crippen LogP contribution in [0.3, 0.4) is 0 Å². The van der Waals surface area contributed by atoms with Gasteiger partial charge in [-0.3, -0.25) is 4.99 Å². The van der Waals surface area contributed by atoms with Crippen molar-refractivity contribution >= 4 is 45.5 Å². The van der Waals surface area contributed by atoms with Crippen LogP contribution in [0.15, 0.2) is 29.3 Å². The molecule has 1 aliphatic heterocycles. The normalized spacial score (nSPS) is 15.3. The molecule has 0 aliphatic carbocycles. The molecule has 0 unspecified atom stereocenters. The van der Waals surface area contributed by atoms with E-state index in [1.165, 1.54) is 12.3 Å². The highest BCUT2D eigenvalue weighted by Crippen LogP contribution is 2.20. The minimum Gasteiger partial charge on any atom is -0.378 e. The second-order valence-electron chi connectivity index (χ2n) is 6.40. The molecule has 0 amide bonds. The van der Waals surface area contributed by atoms with Gasteiger partial charge in [0.1, 0.15) is 15.7 Å². The standard InChI is InChI=1S/C18H29FN4O3S.HI/c1-3-20-18(21-8-13-26-14-15-27(2,24)25)23-11-9-22(10-12-23)17-7-5-4-6-16(17)19;/h4-7H,3,8-15H2,1-2H3,(H,20,21);1H. The monoisotopic (exact) mass is 528 g/mol. The molecule has 0 spiro atoms. The first-order chi connectivity index (χ1) is 12.9. The summed E-state index contributed by atoms with van der Waals surface area (Å²) >= 11 is 0. The predicted molar refractivity (Wildman–Crippen MR) is 122 cm³/mol. The van der Waals surface area contributed by atoms with Gasteiger partial charge < -0.3 is 19.9 Å². The molecule has 7 nitrogen and oxygen atoms in total. The number of para-hydroxylation sites is 1. The Morgan fingerprint density at radius 1 is 1.21 bits per heavy atom. The molecule has 2 rings (SSSR count). The first-order valence-corrected chi connectivity index (χ1v) is 11.2. The average Bonchev–Trinajstić information content (AvgIpc) is 2.63. The lowest BCUT2D eigenvalue weighted by Crippen LogP contribution is -2.52. The molecule has 0 aromatic heterocycles. The maximum atomic E-state index is 13.9. The molecule has 0 atom stereocenters. The number of anilines is 1. The molecule has 1 heterocycles. The summed E-state index contributed by atoms with van der Waals surface area (Å²) in [7, 11) is -3.00. The van der Waals surface area contributed by atoms with Gasteiger partial charge in [0.25, 0.3) is 0 Å². The summed E-state index contributed by atoms with van der Waals surface area (Å²) in [5.74, 6) is 0.629. The molecule has 1 saturated heterocycles. The first-order valence-electron chi connectivity index (χ1n) is 9.19. The van der Waals surface area contributed by atoms with Crippen molar-refractivity contribution < 1.29 is 17.5 Å². The zero-order valence-electron chi connectivity index (χ0n) is 16.4. The van der Waals surface area contributed by atoms with Crippen molar-refractivity contribution in [1.82, 2.24) is 10.2 Å². The summed E-state index contributed by atoms with van der Waals surface area (Å²) in [4.78, 5) is 8.75. The predicted octanol–water partition coefficient (Wildman–Crippen LogP) is 1.59. The summed E-state index contributed by atoms with van der Waals surface area (Å²) in [6.45, 7) is 6.71. The van der Waals surface area contributed by atoms with Gasteiger partial charge in [0.15, 0.2) is 5.96 Å². The van der Waals surface area contributed by atoms with Crippen LogP contribution in [0.2, 0.25) is 0 Å². The Morgan fingerprint density at radius 2 is 1.89 bits per heavy atom. The van der Waals surface area contributed by atoms with Gasteiger partial charge in [0.2, 0.25) is 0 Å². The van der Waals surface area contributed by atoms with E-state index in [4.69, 9.17) is 4.74 Å². The average molecular weight is 528 g/mol. The number of hydrogen-bond acceptors (Lipinski definition) is 5. The smallest absolute Gasteiger partial charge is 0.194 e. The topological polar surface area (TPSA) is 74.2 Å². The van der Waals surface area contributed by atoms with Gasteiger partial charge in [0, 0.05) is 39.0 Å². The number of ether oxygens (including phenoxy) is 1. The number of benzene rings is 1. The van der Waals surface area contributed by atoms with Crippen LogP contribution in [0.25, 0.3) is 0 Å². The van der Waals surface area contributed by atoms with E-state index in [9.17, 15) is 12.8 Å². The highest BCUT2D eigenvalue weighted by Gasteiger charge is 2.21. The number of rotatable bonds is 8. The van der Waals surface area contributed by atoms with Crippen LogP contribution in [0.4, 0.5) is 10.1 Å². The van der Waals surface area contributed by atoms with Gasteiger partial charge in [-0.15, -0.1) is 24.0 Å². The van der Waals surface area contributed by atoms with E-state index in [1.54, 1.807) is 12.1 Å². The molecular weight excluding hydrogens is 498 g/mol. The van der Waals surface area contributed by atoms with Crippen molar-refractivity contribution in [2.75, 3.05) is 69.4 Å². The summed E-state index contributed by atoms with van der Waals surface area (Å²) in [6.07, 6.45) is 1.19. The third-order valence-electron chi connectivity index (χ3n) is 4.20. The number of hydrogen-bond donors (Lipinski definition) is 1. The minimum absolute atomic E-state index is 0. The Balaban J connectivity index is 0.00000392. The molecule has 1 aliphatic rings. The maximum Gasteiger partial charge on any atom is 0.194 e. The van der Waals surface area contributed by atoms with E-state index in [2.05, 4.69) is 15.2 Å². The van der Waals surface area contributed by atoms with Crippen LogP contribution in [0.1, 0.15) is 6.92 Å². The van der Waals surface area contributed by atoms with Crippen LogP contribution in [0, 0.1) is 5.82 Å². The van der Waals surface area contributed by atoms with E-state index >= 15 is 0 Å². The van der Waals surface area contributed by atoms with Crippen molar-refractivity contribution in [3.05, 3.63) is 30.1 Å². The molecule has 28 heavy (non-hydrogen) atoms. The van der Waals surface area contributed by atoms with Crippen molar-refractivity contribution in [3.63, 3.8) is 0 Å². The fourth-order valence-corrected chi connectivity index (χ4v) is 3.24. The molecule has 0 bridgehead atoms. The quantitative estimate of drug-likeness (QED) is 0.239. The molecule has 1 aromatic rings. The Bertz CT molecular complexity index is 725. The van der Waals surface area contributed by atoms with E-state index in [0.717, 1.165) is 38.7 Å². The van der Waals surface area contributed by atoms with Gasteiger partial charge in [-0.05, 0) is 19.1 Å². The molecule has 160 valence electrons. The second kappa shape index (κ2) is 12.4. The maximum absolute atomic E-state index is 13.9. The number of nitrogens with one attached hydrogen (secondary N) is 1. The fourth-order valence-electron chi connectivity index (χ4n) is 2.82. The molecular formula is C18H30FIN4O3S. The van der Waals surface area contributed by atoms with E-state index in [1.807, 2.05) is 17.9 Å². The number of aliphatic imine (C=N–C) groups is 1. The molecule has 1 aromatic carbocycles. The van der Waals surface area contributed by atoms with Crippen molar-refractivity contribution in [2.45, 2.75) is 6.92 Å². The summed E-state index contributed by atoms with van der Waals surface area (Å²) < 4.78 is 41.4. The Labute approximate surface area is 184 Å². The molecule has 10 heteroatoms. The van der Waals surface area contributed by atoms with Gasteiger partial charge in [-0.2, -0.15) is 0 Å². The van der Waals surface area contributed by atoms with Gasteiger partial charge >= 0.3 is 0 Å². The zero-order valence-corrected chi connectivity index (χ0v) is 19.6. The second-order valence-corrected chi connectivity index (χ2v) is 8.66. The summed E-state index contributed by atoms with van der Waals surface area (Å²) in [5, 5.41) is 3.27. The summed E-state index contributed by atoms with van der Waals surface area (Å²) in [5.41, 5.74) is 0.637. The molecule has 1 fully saturated rings. The number of halogens is 2. The largest absolute Gasteiger partial charge is 0.378 e. The molecule has 1 N–H and O–H groups in total. The zero-order chi connectivity index (χ0) is 19.7. The van der Waals surface area contributed by atoms with Crippen molar-refractivity contribution in [2.24, 2.45) is 4.99 Å². The lowest BCUT2D eigenvalue weighted by Gasteiger charge is -2.37. The van der Waals surface area contributed by atoms with E-state index in [-0.39, 0.29) is 42.2 Å². The van der Waals surface area contributed by atoms with Crippen LogP contribution in [0.5, 0.6) is 0 Å². The van der Waals surface area contributed by atoms with Crippen LogP contribution >= 0.6 is 24.0 Å². The van der Waals surface area contributed by atoms with Crippen LogP contribution < -0.4 is 10.2 Å². The van der Waals surface area contributed by atoms with E-state index in [0.29, 0.717) is 18.8 Å². The Kier molecular flexibility index (Phi) is 11.1. The Morgan fingerprint density at radius 3 is 2.50 bits per heavy atom. The first kappa shape index (κ1) is 24.9. The number of piperazine rings is 1. The lowest BCUT2D eigenvalue weighted by molar-refractivity contribution is 0.157. The van der Waals surface area contributed by atoms with Gasteiger partial charge in [-0.1, -0.05) is 12.1 Å². The minimum atomic E-state index is -3.00. The van der Waals surface area contributed by atoms with Crippen molar-refractivity contribution in [1.29, 1.82) is 0 Å². The number of sulfone groups is 1. The van der Waals surface area contributed by atoms with Crippen LogP contribution in [-0.2, 0) is 14.6 Å². The van der Waals surface area contributed by atoms with E-state index < -0.39 is 9.84 Å². The van der Waals surface area contributed by atoms with Gasteiger partial charge in [0.05, 0.1) is 31.2 Å². The lowest BCUT2D eigenvalue weighted by atomic mass is 10.2. The van der Waals surface area contributed by atoms with Gasteiger partial charge in [-0.25, -0.2) is 12.8 Å². The Hall–Kier alpha value is -1.14. The summed E-state index contributed by atoms with van der Waals surface area (Å²) in [6, 6.07) is 6.83. The highest BCUT2D eigenvalue weighted by atomic mass is 127. The van der Waals surface area contributed by atoms with Crippen molar-refractivity contribution in [3.8, 4) is 0 Å². The number of nitrogens with zero attached hydrogens (tertiary/aromatic N) is 3. The number of guanidine groups is 1.